The molecule has 1 amide bonds. The topological polar surface area (TPSA) is 62.1 Å². The van der Waals surface area contributed by atoms with Gasteiger partial charge < -0.3 is 10.1 Å². The first-order valence-electron chi connectivity index (χ1n) is 6.74. The Kier molecular flexibility index (Phi) is 5.03. The fourth-order valence-corrected chi connectivity index (χ4v) is 2.14. The van der Waals surface area contributed by atoms with Crippen LogP contribution in [0.5, 0.6) is 5.75 Å². The Balaban J connectivity index is 2.08. The molecule has 2 rings (SSSR count). The molecule has 0 aromatic heterocycles. The Bertz CT molecular complexity index is 738. The normalized spacial score (nSPS) is 11.4. The highest BCUT2D eigenvalue weighted by molar-refractivity contribution is 6.30. The van der Waals surface area contributed by atoms with Gasteiger partial charge in [0.2, 0.25) is 0 Å². The summed E-state index contributed by atoms with van der Waals surface area (Å²) in [5.41, 5.74) is 1.73. The number of hydrogen-bond donors (Lipinski definition) is 1. The van der Waals surface area contributed by atoms with Gasteiger partial charge >= 0.3 is 0 Å². The van der Waals surface area contributed by atoms with Crippen LogP contribution < -0.4 is 10.1 Å². The molecular formula is C17H15ClN2O2. The van der Waals surface area contributed by atoms with Crippen molar-refractivity contribution in [2.75, 3.05) is 5.32 Å². The number of halogens is 1. The summed E-state index contributed by atoms with van der Waals surface area (Å²) in [7, 11) is 0. The van der Waals surface area contributed by atoms with E-state index in [2.05, 4.69) is 5.32 Å². The van der Waals surface area contributed by atoms with Crippen molar-refractivity contribution in [2.45, 2.75) is 20.0 Å². The van der Waals surface area contributed by atoms with Crippen LogP contribution in [0, 0.1) is 18.3 Å². The van der Waals surface area contributed by atoms with Gasteiger partial charge in [-0.2, -0.15) is 5.26 Å². The molecule has 0 saturated heterocycles. The third-order valence-electron chi connectivity index (χ3n) is 3.12. The van der Waals surface area contributed by atoms with Crippen molar-refractivity contribution < 1.29 is 9.53 Å². The van der Waals surface area contributed by atoms with Gasteiger partial charge in [-0.25, -0.2) is 0 Å². The van der Waals surface area contributed by atoms with Crippen molar-refractivity contribution in [1.82, 2.24) is 0 Å². The summed E-state index contributed by atoms with van der Waals surface area (Å²) >= 11 is 5.89. The molecule has 0 heterocycles. The Morgan fingerprint density at radius 1 is 1.32 bits per heavy atom. The Morgan fingerprint density at radius 2 is 2.05 bits per heavy atom. The molecule has 0 aliphatic carbocycles. The molecule has 0 aliphatic rings. The van der Waals surface area contributed by atoms with Crippen molar-refractivity contribution >= 4 is 23.2 Å². The summed E-state index contributed by atoms with van der Waals surface area (Å²) in [5, 5.41) is 12.3. The molecule has 0 bridgehead atoms. The molecule has 0 spiro atoms. The Morgan fingerprint density at radius 3 is 2.73 bits per heavy atom. The fraction of sp³-hybridized carbons (Fsp3) is 0.176. The molecule has 0 unspecified atom stereocenters. The van der Waals surface area contributed by atoms with E-state index in [0.717, 1.165) is 5.56 Å². The number of nitrogens with one attached hydrogen (secondary N) is 1. The third kappa shape index (κ3) is 3.78. The van der Waals surface area contributed by atoms with Gasteiger partial charge in [-0.15, -0.1) is 0 Å². The molecule has 1 N–H and O–H groups in total. The van der Waals surface area contributed by atoms with Gasteiger partial charge in [0.1, 0.15) is 11.8 Å². The number of benzene rings is 2. The average molecular weight is 315 g/mol. The van der Waals surface area contributed by atoms with E-state index in [9.17, 15) is 4.79 Å². The van der Waals surface area contributed by atoms with Crippen molar-refractivity contribution in [3.05, 3.63) is 58.6 Å². The number of amides is 1. The second kappa shape index (κ2) is 6.97. The van der Waals surface area contributed by atoms with Crippen molar-refractivity contribution in [3.8, 4) is 11.8 Å². The number of aryl methyl sites for hydroxylation is 1. The van der Waals surface area contributed by atoms with Crippen LogP contribution in [0.25, 0.3) is 0 Å². The molecule has 0 aliphatic heterocycles. The van der Waals surface area contributed by atoms with Gasteiger partial charge in [0.25, 0.3) is 5.91 Å². The number of nitrogens with zero attached hydrogens (tertiary/aromatic N) is 1. The maximum absolute atomic E-state index is 12.2. The minimum Gasteiger partial charge on any atom is -0.481 e. The van der Waals surface area contributed by atoms with Gasteiger partial charge in [-0.1, -0.05) is 23.7 Å². The van der Waals surface area contributed by atoms with Gasteiger partial charge in [-0.05, 0) is 49.7 Å². The highest BCUT2D eigenvalue weighted by Crippen LogP contribution is 2.23. The molecular weight excluding hydrogens is 300 g/mol. The van der Waals surface area contributed by atoms with Crippen LogP contribution in [-0.4, -0.2) is 12.0 Å². The highest BCUT2D eigenvalue weighted by atomic mass is 35.5. The minimum absolute atomic E-state index is 0.322. The van der Waals surface area contributed by atoms with E-state index in [-0.39, 0.29) is 5.91 Å². The van der Waals surface area contributed by atoms with E-state index in [1.807, 2.05) is 13.0 Å². The smallest absolute Gasteiger partial charge is 0.265 e. The molecule has 5 heteroatoms. The maximum Gasteiger partial charge on any atom is 0.265 e. The second-order valence-corrected chi connectivity index (χ2v) is 5.25. The molecule has 0 fully saturated rings. The molecule has 22 heavy (non-hydrogen) atoms. The van der Waals surface area contributed by atoms with E-state index in [1.165, 1.54) is 0 Å². The van der Waals surface area contributed by atoms with Gasteiger partial charge in [-0.3, -0.25) is 4.79 Å². The molecule has 4 nitrogen and oxygen atoms in total. The van der Waals surface area contributed by atoms with Crippen LogP contribution >= 0.6 is 11.6 Å². The van der Waals surface area contributed by atoms with Crippen LogP contribution in [-0.2, 0) is 4.79 Å². The molecule has 0 saturated carbocycles. The van der Waals surface area contributed by atoms with Gasteiger partial charge in [0, 0.05) is 5.02 Å². The fourth-order valence-electron chi connectivity index (χ4n) is 1.91. The third-order valence-corrected chi connectivity index (χ3v) is 3.35. The van der Waals surface area contributed by atoms with Crippen LogP contribution in [0.2, 0.25) is 5.02 Å². The first-order valence-corrected chi connectivity index (χ1v) is 7.12. The number of rotatable bonds is 4. The number of nitriles is 1. The quantitative estimate of drug-likeness (QED) is 0.930. The van der Waals surface area contributed by atoms with E-state index >= 15 is 0 Å². The SMILES string of the molecule is Cc1cc(Cl)ccc1O[C@H](C)C(=O)Nc1ccccc1C#N. The summed E-state index contributed by atoms with van der Waals surface area (Å²) in [6, 6.07) is 14.1. The Labute approximate surface area is 134 Å². The number of para-hydroxylation sites is 1. The largest absolute Gasteiger partial charge is 0.481 e. The first-order chi connectivity index (χ1) is 10.5. The van der Waals surface area contributed by atoms with E-state index < -0.39 is 6.10 Å². The standard InChI is InChI=1S/C17H15ClN2O2/c1-11-9-14(18)7-8-16(11)22-12(2)17(21)20-15-6-4-3-5-13(15)10-19/h3-9,12H,1-2H3,(H,20,21)/t12-/m1/s1. The van der Waals surface area contributed by atoms with Crippen molar-refractivity contribution in [1.29, 1.82) is 5.26 Å². The van der Waals surface area contributed by atoms with Crippen LogP contribution in [0.1, 0.15) is 18.1 Å². The highest BCUT2D eigenvalue weighted by Gasteiger charge is 2.17. The van der Waals surface area contributed by atoms with E-state index in [1.54, 1.807) is 49.4 Å². The maximum atomic E-state index is 12.2. The monoisotopic (exact) mass is 314 g/mol. The van der Waals surface area contributed by atoms with Crippen molar-refractivity contribution in [2.24, 2.45) is 0 Å². The molecule has 0 radical (unpaired) electrons. The summed E-state index contributed by atoms with van der Waals surface area (Å²) in [5.74, 6) is 0.276. The zero-order chi connectivity index (χ0) is 16.1. The zero-order valence-corrected chi connectivity index (χ0v) is 13.0. The van der Waals surface area contributed by atoms with Gasteiger partial charge in [0.15, 0.2) is 6.10 Å². The lowest BCUT2D eigenvalue weighted by Gasteiger charge is -2.16. The Hall–Kier alpha value is -2.51. The predicted octanol–water partition coefficient (Wildman–Crippen LogP) is 3.93. The molecule has 2 aromatic rings. The van der Waals surface area contributed by atoms with Crippen LogP contribution in [0.3, 0.4) is 0 Å². The zero-order valence-electron chi connectivity index (χ0n) is 12.3. The minimum atomic E-state index is -0.702. The van der Waals surface area contributed by atoms with Crippen molar-refractivity contribution in [3.63, 3.8) is 0 Å². The predicted molar refractivity (Wildman–Crippen MR) is 86.1 cm³/mol. The molecule has 112 valence electrons. The number of anilines is 1. The number of carbonyl (C=O) groups excluding carboxylic acids is 1. The van der Waals surface area contributed by atoms with Gasteiger partial charge in [0.05, 0.1) is 11.3 Å². The lowest BCUT2D eigenvalue weighted by atomic mass is 10.2. The number of carbonyl (C=O) groups is 1. The lowest BCUT2D eigenvalue weighted by Crippen LogP contribution is -2.30. The number of ether oxygens (including phenoxy) is 1. The average Bonchev–Trinajstić information content (AvgIpc) is 2.50. The van der Waals surface area contributed by atoms with E-state index in [4.69, 9.17) is 21.6 Å². The summed E-state index contributed by atoms with van der Waals surface area (Å²) in [6.45, 7) is 3.51. The lowest BCUT2D eigenvalue weighted by molar-refractivity contribution is -0.122. The number of hydrogen-bond acceptors (Lipinski definition) is 3. The molecule has 1 atom stereocenters. The summed E-state index contributed by atoms with van der Waals surface area (Å²) in [4.78, 5) is 12.2. The second-order valence-electron chi connectivity index (χ2n) is 4.82. The van der Waals surface area contributed by atoms with E-state index in [0.29, 0.717) is 22.0 Å². The molecule has 2 aromatic carbocycles. The van der Waals surface area contributed by atoms with Crippen LogP contribution in [0.4, 0.5) is 5.69 Å². The first kappa shape index (κ1) is 15.9. The summed E-state index contributed by atoms with van der Waals surface area (Å²) < 4.78 is 5.65. The summed E-state index contributed by atoms with van der Waals surface area (Å²) in [6.07, 6.45) is -0.702. The van der Waals surface area contributed by atoms with Crippen LogP contribution in [0.15, 0.2) is 42.5 Å².